The number of nitrogens with zero attached hydrogens (tertiary/aromatic N) is 3. The fraction of sp³-hybridized carbons (Fsp3) is 0.300. The van der Waals surface area contributed by atoms with Crippen molar-refractivity contribution in [3.63, 3.8) is 0 Å². The maximum Gasteiger partial charge on any atom is 0.249 e. The van der Waals surface area contributed by atoms with Crippen LogP contribution < -0.4 is 5.32 Å². The summed E-state index contributed by atoms with van der Waals surface area (Å²) in [6.45, 7) is 2.79. The fourth-order valence-corrected chi connectivity index (χ4v) is 3.54. The molecule has 1 aromatic heterocycles. The number of hydrogen-bond acceptors (Lipinski definition) is 4. The first-order valence-electron chi connectivity index (χ1n) is 9.09. The monoisotopic (exact) mass is 363 g/mol. The van der Waals surface area contributed by atoms with Gasteiger partial charge in [0.2, 0.25) is 17.8 Å². The Bertz CT molecular complexity index is 983. The zero-order valence-corrected chi connectivity index (χ0v) is 15.1. The van der Waals surface area contributed by atoms with E-state index < -0.39 is 0 Å². The van der Waals surface area contributed by atoms with Crippen molar-refractivity contribution < 1.29 is 9.59 Å². The molecule has 0 saturated carbocycles. The van der Waals surface area contributed by atoms with Gasteiger partial charge in [-0.3, -0.25) is 20.0 Å². The lowest BCUT2D eigenvalue weighted by atomic mass is 9.96. The highest BCUT2D eigenvalue weighted by Gasteiger charge is 2.26. The van der Waals surface area contributed by atoms with Crippen molar-refractivity contribution in [3.8, 4) is 11.4 Å². The molecule has 2 aromatic carbocycles. The molecule has 27 heavy (non-hydrogen) atoms. The van der Waals surface area contributed by atoms with Gasteiger partial charge >= 0.3 is 0 Å². The molecule has 4 rings (SSSR count). The number of H-pyrrole nitrogens is 1. The Labute approximate surface area is 156 Å². The standard InChI is InChI=1S/C20H21N5O2/c1-13(26)25-11-9-15(10-12-25)19(27)22-20-21-18(23-24-20)17-8-4-6-14-5-2-3-7-16(14)17/h2-8,15H,9-12H2,1H3,(H2,21,22,23,24,27). The van der Waals surface area contributed by atoms with Gasteiger partial charge in [-0.25, -0.2) is 0 Å². The van der Waals surface area contributed by atoms with Crippen LogP contribution in [0.4, 0.5) is 5.95 Å². The van der Waals surface area contributed by atoms with Crippen molar-refractivity contribution >= 4 is 28.5 Å². The van der Waals surface area contributed by atoms with Gasteiger partial charge in [0.05, 0.1) is 0 Å². The number of aromatic nitrogens is 3. The van der Waals surface area contributed by atoms with E-state index in [4.69, 9.17) is 0 Å². The van der Waals surface area contributed by atoms with Crippen LogP contribution in [-0.2, 0) is 9.59 Å². The van der Waals surface area contributed by atoms with E-state index in [1.807, 2.05) is 42.5 Å². The SMILES string of the molecule is CC(=O)N1CCC(C(=O)Nc2n[nH]c(-c3cccc4ccccc34)n2)CC1. The summed E-state index contributed by atoms with van der Waals surface area (Å²) in [6, 6.07) is 14.1. The Balaban J connectivity index is 1.47. The molecule has 1 aliphatic rings. The number of amides is 2. The van der Waals surface area contributed by atoms with Gasteiger partial charge in [0.15, 0.2) is 5.82 Å². The summed E-state index contributed by atoms with van der Waals surface area (Å²) in [6.07, 6.45) is 1.32. The Morgan fingerprint density at radius 3 is 2.63 bits per heavy atom. The normalized spacial score (nSPS) is 15.1. The highest BCUT2D eigenvalue weighted by molar-refractivity contribution is 5.95. The lowest BCUT2D eigenvalue weighted by Crippen LogP contribution is -2.40. The van der Waals surface area contributed by atoms with Crippen LogP contribution in [0.1, 0.15) is 19.8 Å². The van der Waals surface area contributed by atoms with Crippen LogP contribution in [0.25, 0.3) is 22.2 Å². The molecule has 1 fully saturated rings. The number of likely N-dealkylation sites (tertiary alicyclic amines) is 1. The van der Waals surface area contributed by atoms with E-state index in [1.54, 1.807) is 11.8 Å². The van der Waals surface area contributed by atoms with Crippen molar-refractivity contribution in [2.24, 2.45) is 5.92 Å². The smallest absolute Gasteiger partial charge is 0.249 e. The third kappa shape index (κ3) is 3.53. The number of carbonyl (C=O) groups is 2. The molecule has 0 atom stereocenters. The topological polar surface area (TPSA) is 91.0 Å². The van der Waals surface area contributed by atoms with Gasteiger partial charge < -0.3 is 4.90 Å². The maximum absolute atomic E-state index is 12.5. The first-order valence-corrected chi connectivity index (χ1v) is 9.09. The van der Waals surface area contributed by atoms with Crippen LogP contribution in [0.15, 0.2) is 42.5 Å². The number of fused-ring (bicyclic) bond motifs is 1. The van der Waals surface area contributed by atoms with E-state index in [1.165, 1.54) is 0 Å². The Morgan fingerprint density at radius 1 is 1.11 bits per heavy atom. The second kappa shape index (κ2) is 7.19. The zero-order chi connectivity index (χ0) is 18.8. The molecular formula is C20H21N5O2. The molecule has 7 heteroatoms. The number of rotatable bonds is 3. The van der Waals surface area contributed by atoms with E-state index in [0.29, 0.717) is 31.8 Å². The minimum absolute atomic E-state index is 0.0579. The van der Waals surface area contributed by atoms with Gasteiger partial charge in [-0.2, -0.15) is 4.98 Å². The summed E-state index contributed by atoms with van der Waals surface area (Å²) in [4.78, 5) is 30.1. The van der Waals surface area contributed by atoms with Crippen LogP contribution in [0, 0.1) is 5.92 Å². The Morgan fingerprint density at radius 2 is 1.85 bits per heavy atom. The third-order valence-corrected chi connectivity index (χ3v) is 5.08. The predicted octanol–water partition coefficient (Wildman–Crippen LogP) is 2.82. The minimum Gasteiger partial charge on any atom is -0.343 e. The lowest BCUT2D eigenvalue weighted by molar-refractivity contribution is -0.132. The van der Waals surface area contributed by atoms with Gasteiger partial charge in [0.1, 0.15) is 0 Å². The van der Waals surface area contributed by atoms with Crippen molar-refractivity contribution in [1.29, 1.82) is 0 Å². The first-order chi connectivity index (χ1) is 13.1. The summed E-state index contributed by atoms with van der Waals surface area (Å²) >= 11 is 0. The number of nitrogens with one attached hydrogen (secondary N) is 2. The van der Waals surface area contributed by atoms with Crippen molar-refractivity contribution in [1.82, 2.24) is 20.1 Å². The number of carbonyl (C=O) groups excluding carboxylic acids is 2. The van der Waals surface area contributed by atoms with E-state index >= 15 is 0 Å². The first kappa shape index (κ1) is 17.2. The second-order valence-electron chi connectivity index (χ2n) is 6.80. The summed E-state index contributed by atoms with van der Waals surface area (Å²) in [5.74, 6) is 0.731. The average molecular weight is 363 g/mol. The van der Waals surface area contributed by atoms with Crippen molar-refractivity contribution in [3.05, 3.63) is 42.5 Å². The number of piperidine rings is 1. The summed E-state index contributed by atoms with van der Waals surface area (Å²) in [7, 11) is 0. The van der Waals surface area contributed by atoms with Crippen LogP contribution in [0.2, 0.25) is 0 Å². The predicted molar refractivity (Wildman–Crippen MR) is 103 cm³/mol. The quantitative estimate of drug-likeness (QED) is 0.749. The summed E-state index contributed by atoms with van der Waals surface area (Å²) in [5.41, 5.74) is 0.941. The molecule has 0 radical (unpaired) electrons. The van der Waals surface area contributed by atoms with Gasteiger partial charge in [0, 0.05) is 31.5 Å². The Hall–Kier alpha value is -3.22. The van der Waals surface area contributed by atoms with Crippen LogP contribution in [0.3, 0.4) is 0 Å². The number of benzene rings is 2. The molecule has 7 nitrogen and oxygen atoms in total. The molecule has 2 amide bonds. The van der Waals surface area contributed by atoms with E-state index in [2.05, 4.69) is 20.5 Å². The molecule has 1 saturated heterocycles. The van der Waals surface area contributed by atoms with Crippen LogP contribution in [-0.4, -0.2) is 45.0 Å². The van der Waals surface area contributed by atoms with Gasteiger partial charge in [-0.1, -0.05) is 42.5 Å². The van der Waals surface area contributed by atoms with Crippen molar-refractivity contribution in [2.45, 2.75) is 19.8 Å². The van der Waals surface area contributed by atoms with E-state index in [9.17, 15) is 9.59 Å². The number of aromatic amines is 1. The minimum atomic E-state index is -0.125. The fourth-order valence-electron chi connectivity index (χ4n) is 3.54. The van der Waals surface area contributed by atoms with Crippen LogP contribution in [0.5, 0.6) is 0 Å². The molecule has 0 spiro atoms. The largest absolute Gasteiger partial charge is 0.343 e. The van der Waals surface area contributed by atoms with Gasteiger partial charge in [0.25, 0.3) is 0 Å². The lowest BCUT2D eigenvalue weighted by Gasteiger charge is -2.30. The molecule has 3 aromatic rings. The molecular weight excluding hydrogens is 342 g/mol. The zero-order valence-electron chi connectivity index (χ0n) is 15.1. The average Bonchev–Trinajstić information content (AvgIpc) is 3.15. The molecule has 0 aliphatic carbocycles. The highest BCUT2D eigenvalue weighted by atomic mass is 16.2. The second-order valence-corrected chi connectivity index (χ2v) is 6.80. The highest BCUT2D eigenvalue weighted by Crippen LogP contribution is 2.26. The third-order valence-electron chi connectivity index (χ3n) is 5.08. The molecule has 0 unspecified atom stereocenters. The molecule has 2 N–H and O–H groups in total. The van der Waals surface area contributed by atoms with Gasteiger partial charge in [-0.05, 0) is 23.6 Å². The molecule has 0 bridgehead atoms. The summed E-state index contributed by atoms with van der Waals surface area (Å²) in [5, 5.41) is 12.1. The van der Waals surface area contributed by atoms with E-state index in [-0.39, 0.29) is 23.7 Å². The maximum atomic E-state index is 12.5. The van der Waals surface area contributed by atoms with Gasteiger partial charge in [-0.15, -0.1) is 5.10 Å². The molecule has 1 aliphatic heterocycles. The van der Waals surface area contributed by atoms with Crippen molar-refractivity contribution in [2.75, 3.05) is 18.4 Å². The Kier molecular flexibility index (Phi) is 4.58. The molecule has 138 valence electrons. The summed E-state index contributed by atoms with van der Waals surface area (Å²) < 4.78 is 0. The van der Waals surface area contributed by atoms with E-state index in [0.717, 1.165) is 16.3 Å². The van der Waals surface area contributed by atoms with Crippen LogP contribution >= 0.6 is 0 Å². The molecule has 2 heterocycles. The number of hydrogen-bond donors (Lipinski definition) is 2. The number of anilines is 1.